The van der Waals surface area contributed by atoms with Crippen molar-refractivity contribution in [3.8, 4) is 5.75 Å². The van der Waals surface area contributed by atoms with Gasteiger partial charge in [0.05, 0.1) is 18.2 Å². The third-order valence-electron chi connectivity index (χ3n) is 2.89. The number of rotatable bonds is 3. The van der Waals surface area contributed by atoms with Crippen LogP contribution >= 0.6 is 0 Å². The summed E-state index contributed by atoms with van der Waals surface area (Å²) in [7, 11) is 1.45. The summed E-state index contributed by atoms with van der Waals surface area (Å²) in [5.74, 6) is -1.38. The van der Waals surface area contributed by atoms with Gasteiger partial charge in [-0.1, -0.05) is 0 Å². The molecule has 0 spiro atoms. The molecule has 0 fully saturated rings. The van der Waals surface area contributed by atoms with Crippen LogP contribution in [0, 0.1) is 5.82 Å². The predicted molar refractivity (Wildman–Crippen MR) is 67.8 cm³/mol. The fourth-order valence-electron chi connectivity index (χ4n) is 1.77. The van der Waals surface area contributed by atoms with Crippen molar-refractivity contribution in [1.82, 2.24) is 0 Å². The maximum absolute atomic E-state index is 13.7. The first-order chi connectivity index (χ1) is 9.82. The van der Waals surface area contributed by atoms with E-state index in [1.807, 2.05) is 0 Å². The summed E-state index contributed by atoms with van der Waals surface area (Å²) in [5.41, 5.74) is -1.38. The second-order valence-corrected chi connectivity index (χ2v) is 4.25. The number of benzene rings is 2. The summed E-state index contributed by atoms with van der Waals surface area (Å²) in [6.07, 6.45) is -4.65. The number of methoxy groups -OCH3 is 1. The summed E-state index contributed by atoms with van der Waals surface area (Å²) in [6, 6.07) is 7.68. The largest absolute Gasteiger partial charge is 0.497 e. The summed E-state index contributed by atoms with van der Waals surface area (Å²) >= 11 is 0. The van der Waals surface area contributed by atoms with Crippen LogP contribution in [0.4, 0.5) is 17.6 Å². The number of ketones is 1. The summed E-state index contributed by atoms with van der Waals surface area (Å²) in [6.45, 7) is 0. The molecule has 0 bridgehead atoms. The maximum Gasteiger partial charge on any atom is 0.416 e. The summed E-state index contributed by atoms with van der Waals surface area (Å²) < 4.78 is 56.0. The van der Waals surface area contributed by atoms with E-state index < -0.39 is 28.9 Å². The highest BCUT2D eigenvalue weighted by Gasteiger charge is 2.31. The molecule has 0 saturated heterocycles. The molecule has 0 heterocycles. The van der Waals surface area contributed by atoms with Gasteiger partial charge in [-0.15, -0.1) is 0 Å². The molecule has 21 heavy (non-hydrogen) atoms. The van der Waals surface area contributed by atoms with Crippen LogP contribution in [0.15, 0.2) is 42.5 Å². The zero-order chi connectivity index (χ0) is 15.6. The molecule has 0 aromatic heterocycles. The zero-order valence-electron chi connectivity index (χ0n) is 10.9. The lowest BCUT2D eigenvalue weighted by Gasteiger charge is -2.09. The van der Waals surface area contributed by atoms with Gasteiger partial charge in [0.2, 0.25) is 0 Å². The van der Waals surface area contributed by atoms with E-state index in [1.165, 1.54) is 31.4 Å². The Labute approximate surface area is 118 Å². The van der Waals surface area contributed by atoms with Crippen molar-refractivity contribution in [2.75, 3.05) is 7.11 Å². The second kappa shape index (κ2) is 5.55. The molecule has 0 N–H and O–H groups in total. The van der Waals surface area contributed by atoms with E-state index in [2.05, 4.69) is 0 Å². The average molecular weight is 298 g/mol. The SMILES string of the molecule is COc1ccc(C(=O)c2ccc(C(F)(F)F)cc2F)cc1. The van der Waals surface area contributed by atoms with E-state index >= 15 is 0 Å². The van der Waals surface area contributed by atoms with Gasteiger partial charge in [-0.3, -0.25) is 4.79 Å². The van der Waals surface area contributed by atoms with E-state index in [4.69, 9.17) is 4.74 Å². The summed E-state index contributed by atoms with van der Waals surface area (Å²) in [4.78, 5) is 12.1. The van der Waals surface area contributed by atoms with Gasteiger partial charge in [-0.2, -0.15) is 13.2 Å². The highest BCUT2D eigenvalue weighted by Crippen LogP contribution is 2.30. The molecule has 2 nitrogen and oxygen atoms in total. The van der Waals surface area contributed by atoms with Crippen molar-refractivity contribution < 1.29 is 27.1 Å². The van der Waals surface area contributed by atoms with E-state index in [1.54, 1.807) is 0 Å². The number of carbonyl (C=O) groups is 1. The van der Waals surface area contributed by atoms with Crippen LogP contribution in [0.3, 0.4) is 0 Å². The fraction of sp³-hybridized carbons (Fsp3) is 0.133. The lowest BCUT2D eigenvalue weighted by atomic mass is 10.0. The third kappa shape index (κ3) is 3.21. The topological polar surface area (TPSA) is 26.3 Å². The van der Waals surface area contributed by atoms with Crippen molar-refractivity contribution in [3.05, 3.63) is 65.0 Å². The minimum absolute atomic E-state index is 0.162. The molecule has 2 rings (SSSR count). The number of hydrogen-bond donors (Lipinski definition) is 0. The van der Waals surface area contributed by atoms with Crippen LogP contribution in [-0.2, 0) is 6.18 Å². The maximum atomic E-state index is 13.7. The van der Waals surface area contributed by atoms with E-state index in [-0.39, 0.29) is 5.56 Å². The van der Waals surface area contributed by atoms with Gasteiger partial charge >= 0.3 is 6.18 Å². The van der Waals surface area contributed by atoms with Crippen molar-refractivity contribution in [2.45, 2.75) is 6.18 Å². The van der Waals surface area contributed by atoms with Crippen LogP contribution in [-0.4, -0.2) is 12.9 Å². The molecule has 0 amide bonds. The zero-order valence-corrected chi connectivity index (χ0v) is 10.9. The number of carbonyl (C=O) groups excluding carboxylic acids is 1. The fourth-order valence-corrected chi connectivity index (χ4v) is 1.77. The van der Waals surface area contributed by atoms with E-state index in [0.717, 1.165) is 6.07 Å². The Morgan fingerprint density at radius 1 is 1.05 bits per heavy atom. The first kappa shape index (κ1) is 15.0. The van der Waals surface area contributed by atoms with E-state index in [0.29, 0.717) is 17.9 Å². The van der Waals surface area contributed by atoms with Crippen LogP contribution in [0.2, 0.25) is 0 Å². The molecule has 0 radical (unpaired) electrons. The van der Waals surface area contributed by atoms with Crippen molar-refractivity contribution in [3.63, 3.8) is 0 Å². The molecule has 0 aliphatic heterocycles. The van der Waals surface area contributed by atoms with Crippen LogP contribution < -0.4 is 4.74 Å². The van der Waals surface area contributed by atoms with Gasteiger partial charge in [-0.25, -0.2) is 4.39 Å². The number of halogens is 4. The lowest BCUT2D eigenvalue weighted by Crippen LogP contribution is -2.09. The predicted octanol–water partition coefficient (Wildman–Crippen LogP) is 4.08. The van der Waals surface area contributed by atoms with Gasteiger partial charge in [0.25, 0.3) is 0 Å². The van der Waals surface area contributed by atoms with E-state index in [9.17, 15) is 22.4 Å². The molecule has 0 aliphatic rings. The molecule has 2 aromatic rings. The van der Waals surface area contributed by atoms with Crippen LogP contribution in [0.5, 0.6) is 5.75 Å². The number of alkyl halides is 3. The normalized spacial score (nSPS) is 11.3. The Morgan fingerprint density at radius 2 is 1.67 bits per heavy atom. The molecule has 0 atom stereocenters. The highest BCUT2D eigenvalue weighted by atomic mass is 19.4. The highest BCUT2D eigenvalue weighted by molar-refractivity contribution is 6.09. The van der Waals surface area contributed by atoms with Crippen LogP contribution in [0.25, 0.3) is 0 Å². The first-order valence-electron chi connectivity index (χ1n) is 5.88. The first-order valence-corrected chi connectivity index (χ1v) is 5.88. The lowest BCUT2D eigenvalue weighted by molar-refractivity contribution is -0.137. The molecule has 110 valence electrons. The van der Waals surface area contributed by atoms with Gasteiger partial charge in [0, 0.05) is 5.56 Å². The third-order valence-corrected chi connectivity index (χ3v) is 2.89. The Kier molecular flexibility index (Phi) is 3.97. The number of ether oxygens (including phenoxy) is 1. The minimum Gasteiger partial charge on any atom is -0.497 e. The molecular formula is C15H10F4O2. The average Bonchev–Trinajstić information content (AvgIpc) is 2.45. The molecular weight excluding hydrogens is 288 g/mol. The molecule has 0 aliphatic carbocycles. The van der Waals surface area contributed by atoms with Crippen LogP contribution in [0.1, 0.15) is 21.5 Å². The Hall–Kier alpha value is -2.37. The second-order valence-electron chi connectivity index (χ2n) is 4.25. The Morgan fingerprint density at radius 3 is 2.14 bits per heavy atom. The van der Waals surface area contributed by atoms with Crippen molar-refractivity contribution >= 4 is 5.78 Å². The smallest absolute Gasteiger partial charge is 0.416 e. The van der Waals surface area contributed by atoms with Gasteiger partial charge < -0.3 is 4.74 Å². The van der Waals surface area contributed by atoms with Crippen molar-refractivity contribution in [2.24, 2.45) is 0 Å². The van der Waals surface area contributed by atoms with Crippen molar-refractivity contribution in [1.29, 1.82) is 0 Å². The molecule has 2 aromatic carbocycles. The molecule has 6 heteroatoms. The molecule has 0 unspecified atom stereocenters. The quantitative estimate of drug-likeness (QED) is 0.630. The Bertz CT molecular complexity index is 660. The molecule has 0 saturated carbocycles. The Balaban J connectivity index is 2.35. The van der Waals surface area contributed by atoms with Gasteiger partial charge in [0.1, 0.15) is 11.6 Å². The van der Waals surface area contributed by atoms with Gasteiger partial charge in [0.15, 0.2) is 5.78 Å². The minimum atomic E-state index is -4.65. The standard InChI is InChI=1S/C15H10F4O2/c1-21-11-5-2-9(3-6-11)14(20)12-7-4-10(8-13(12)16)15(17,18)19/h2-8H,1H3. The number of hydrogen-bond acceptors (Lipinski definition) is 2. The monoisotopic (exact) mass is 298 g/mol. The summed E-state index contributed by atoms with van der Waals surface area (Å²) in [5, 5.41) is 0. The van der Waals surface area contributed by atoms with Gasteiger partial charge in [-0.05, 0) is 42.5 Å².